The van der Waals surface area contributed by atoms with E-state index >= 15 is 0 Å². The summed E-state index contributed by atoms with van der Waals surface area (Å²) in [6.45, 7) is 3.42. The zero-order valence-electron chi connectivity index (χ0n) is 12.3. The SMILES string of the molecule is CC(C(C)S(C)(=O)=O)N(C)C(=O)C[C@@H]1CCC[C@H]1N. The van der Waals surface area contributed by atoms with Crippen LogP contribution in [0.25, 0.3) is 0 Å². The molecule has 1 amide bonds. The molecule has 0 aliphatic heterocycles. The summed E-state index contributed by atoms with van der Waals surface area (Å²) in [5.41, 5.74) is 5.97. The molecule has 112 valence electrons. The van der Waals surface area contributed by atoms with Gasteiger partial charge in [0.05, 0.1) is 5.25 Å². The quantitative estimate of drug-likeness (QED) is 0.811. The third-order valence-corrected chi connectivity index (χ3v) is 6.26. The maximum Gasteiger partial charge on any atom is 0.222 e. The fourth-order valence-corrected chi connectivity index (χ4v) is 3.49. The summed E-state index contributed by atoms with van der Waals surface area (Å²) in [6, 6.07) is -0.208. The molecule has 0 heterocycles. The Morgan fingerprint density at radius 3 is 2.37 bits per heavy atom. The van der Waals surface area contributed by atoms with Gasteiger partial charge in [-0.05, 0) is 32.6 Å². The molecule has 5 nitrogen and oxygen atoms in total. The van der Waals surface area contributed by atoms with Crippen molar-refractivity contribution in [3.05, 3.63) is 0 Å². The predicted molar refractivity (Wildman–Crippen MR) is 76.5 cm³/mol. The molecular formula is C13H26N2O3S. The van der Waals surface area contributed by atoms with Gasteiger partial charge in [0, 0.05) is 31.8 Å². The summed E-state index contributed by atoms with van der Waals surface area (Å²) in [5.74, 6) is 0.237. The van der Waals surface area contributed by atoms with Crippen molar-refractivity contribution >= 4 is 15.7 Å². The fourth-order valence-electron chi connectivity index (χ4n) is 2.59. The number of hydrogen-bond donors (Lipinski definition) is 1. The fraction of sp³-hybridized carbons (Fsp3) is 0.923. The van der Waals surface area contributed by atoms with Gasteiger partial charge in [0.15, 0.2) is 9.84 Å². The summed E-state index contributed by atoms with van der Waals surface area (Å²) >= 11 is 0. The first kappa shape index (κ1) is 16.4. The van der Waals surface area contributed by atoms with E-state index in [0.717, 1.165) is 19.3 Å². The number of hydrogen-bond acceptors (Lipinski definition) is 4. The van der Waals surface area contributed by atoms with Crippen molar-refractivity contribution in [3.8, 4) is 0 Å². The standard InChI is InChI=1S/C13H26N2O3S/c1-9(10(2)19(4,17)18)15(3)13(16)8-11-6-5-7-12(11)14/h9-12H,5-8,14H2,1-4H3/t9?,10?,11-,12+/m0/s1. The number of sulfone groups is 1. The molecular weight excluding hydrogens is 264 g/mol. The molecule has 0 bridgehead atoms. The van der Waals surface area contributed by atoms with E-state index in [2.05, 4.69) is 0 Å². The van der Waals surface area contributed by atoms with Gasteiger partial charge in [0.1, 0.15) is 0 Å². The second-order valence-electron chi connectivity index (χ2n) is 5.84. The number of carbonyl (C=O) groups excluding carboxylic acids is 1. The summed E-state index contributed by atoms with van der Waals surface area (Å²) in [4.78, 5) is 13.7. The summed E-state index contributed by atoms with van der Waals surface area (Å²) in [6.07, 6.45) is 4.70. The molecule has 1 aliphatic carbocycles. The third kappa shape index (κ3) is 4.18. The Morgan fingerprint density at radius 1 is 1.37 bits per heavy atom. The molecule has 2 unspecified atom stereocenters. The molecule has 2 N–H and O–H groups in total. The minimum Gasteiger partial charge on any atom is -0.342 e. The van der Waals surface area contributed by atoms with Gasteiger partial charge < -0.3 is 10.6 Å². The van der Waals surface area contributed by atoms with Gasteiger partial charge in [0.2, 0.25) is 5.91 Å². The summed E-state index contributed by atoms with van der Waals surface area (Å²) < 4.78 is 23.1. The Hall–Kier alpha value is -0.620. The van der Waals surface area contributed by atoms with E-state index in [-0.39, 0.29) is 23.9 Å². The minimum atomic E-state index is -3.14. The van der Waals surface area contributed by atoms with Gasteiger partial charge in [0.25, 0.3) is 0 Å². The lowest BCUT2D eigenvalue weighted by Crippen LogP contribution is -2.45. The smallest absolute Gasteiger partial charge is 0.222 e. The normalized spacial score (nSPS) is 27.0. The maximum atomic E-state index is 12.2. The topological polar surface area (TPSA) is 80.5 Å². The number of rotatable bonds is 5. The number of nitrogens with zero attached hydrogens (tertiary/aromatic N) is 1. The largest absolute Gasteiger partial charge is 0.342 e. The van der Waals surface area contributed by atoms with Gasteiger partial charge in [-0.1, -0.05) is 6.42 Å². The molecule has 6 heteroatoms. The van der Waals surface area contributed by atoms with Crippen molar-refractivity contribution in [2.75, 3.05) is 13.3 Å². The van der Waals surface area contributed by atoms with Crippen molar-refractivity contribution in [3.63, 3.8) is 0 Å². The van der Waals surface area contributed by atoms with Gasteiger partial charge in [-0.15, -0.1) is 0 Å². The Morgan fingerprint density at radius 2 is 1.95 bits per heavy atom. The molecule has 0 aromatic rings. The average Bonchev–Trinajstić information content (AvgIpc) is 2.71. The van der Waals surface area contributed by atoms with Crippen LogP contribution in [0.2, 0.25) is 0 Å². The Kier molecular flexibility index (Phi) is 5.38. The van der Waals surface area contributed by atoms with E-state index in [1.807, 2.05) is 0 Å². The highest BCUT2D eigenvalue weighted by atomic mass is 32.2. The van der Waals surface area contributed by atoms with Crippen molar-refractivity contribution in [1.82, 2.24) is 4.90 Å². The molecule has 0 spiro atoms. The first-order chi connectivity index (χ1) is 8.64. The average molecular weight is 290 g/mol. The van der Waals surface area contributed by atoms with Crippen LogP contribution in [0.5, 0.6) is 0 Å². The van der Waals surface area contributed by atoms with E-state index in [4.69, 9.17) is 5.73 Å². The molecule has 1 aliphatic rings. The van der Waals surface area contributed by atoms with Crippen LogP contribution < -0.4 is 5.73 Å². The molecule has 0 radical (unpaired) electrons. The molecule has 0 aromatic heterocycles. The Balaban J connectivity index is 2.61. The Bertz CT molecular complexity index is 422. The first-order valence-corrected chi connectivity index (χ1v) is 8.80. The second kappa shape index (κ2) is 6.22. The van der Waals surface area contributed by atoms with Gasteiger partial charge >= 0.3 is 0 Å². The van der Waals surface area contributed by atoms with Crippen molar-refractivity contribution in [2.45, 2.75) is 56.9 Å². The van der Waals surface area contributed by atoms with Gasteiger partial charge in [-0.2, -0.15) is 0 Å². The lowest BCUT2D eigenvalue weighted by atomic mass is 9.99. The van der Waals surface area contributed by atoms with Crippen LogP contribution in [-0.4, -0.2) is 49.9 Å². The monoisotopic (exact) mass is 290 g/mol. The summed E-state index contributed by atoms with van der Waals surface area (Å²) in [5, 5.41) is -0.557. The first-order valence-electron chi connectivity index (χ1n) is 6.84. The highest BCUT2D eigenvalue weighted by Crippen LogP contribution is 2.27. The minimum absolute atomic E-state index is 0.00894. The van der Waals surface area contributed by atoms with Crippen LogP contribution in [0.15, 0.2) is 0 Å². The third-order valence-electron chi connectivity index (χ3n) is 4.51. The summed E-state index contributed by atoms with van der Waals surface area (Å²) in [7, 11) is -1.46. The van der Waals surface area contributed by atoms with Crippen molar-refractivity contribution < 1.29 is 13.2 Å². The van der Waals surface area contributed by atoms with Crippen LogP contribution in [-0.2, 0) is 14.6 Å². The van der Waals surface area contributed by atoms with E-state index < -0.39 is 15.1 Å². The van der Waals surface area contributed by atoms with E-state index in [1.165, 1.54) is 6.26 Å². The lowest BCUT2D eigenvalue weighted by molar-refractivity contribution is -0.132. The molecule has 4 atom stereocenters. The van der Waals surface area contributed by atoms with Gasteiger partial charge in [-0.3, -0.25) is 4.79 Å². The molecule has 1 fully saturated rings. The molecule has 0 saturated heterocycles. The number of nitrogens with two attached hydrogens (primary N) is 1. The zero-order valence-corrected chi connectivity index (χ0v) is 13.1. The van der Waals surface area contributed by atoms with Gasteiger partial charge in [-0.25, -0.2) is 8.42 Å². The molecule has 1 rings (SSSR count). The molecule has 19 heavy (non-hydrogen) atoms. The Labute approximate surface area is 116 Å². The van der Waals surface area contributed by atoms with E-state index in [1.54, 1.807) is 25.8 Å². The van der Waals surface area contributed by atoms with Crippen LogP contribution in [0.3, 0.4) is 0 Å². The predicted octanol–water partition coefficient (Wildman–Crippen LogP) is 0.784. The van der Waals surface area contributed by atoms with Crippen molar-refractivity contribution in [1.29, 1.82) is 0 Å². The maximum absolute atomic E-state index is 12.2. The van der Waals surface area contributed by atoms with Crippen molar-refractivity contribution in [2.24, 2.45) is 11.7 Å². The van der Waals surface area contributed by atoms with Crippen LogP contribution in [0.4, 0.5) is 0 Å². The lowest BCUT2D eigenvalue weighted by Gasteiger charge is -2.30. The van der Waals surface area contributed by atoms with E-state index in [0.29, 0.717) is 6.42 Å². The van der Waals surface area contributed by atoms with E-state index in [9.17, 15) is 13.2 Å². The highest BCUT2D eigenvalue weighted by molar-refractivity contribution is 7.91. The zero-order chi connectivity index (χ0) is 14.8. The number of carbonyl (C=O) groups is 1. The second-order valence-corrected chi connectivity index (χ2v) is 8.24. The number of amides is 1. The van der Waals surface area contributed by atoms with Crippen LogP contribution in [0, 0.1) is 5.92 Å². The molecule has 1 saturated carbocycles. The molecule has 0 aromatic carbocycles. The van der Waals surface area contributed by atoms with Crippen LogP contribution in [0.1, 0.15) is 39.5 Å². The highest BCUT2D eigenvalue weighted by Gasteiger charge is 2.31. The van der Waals surface area contributed by atoms with Crippen LogP contribution >= 0.6 is 0 Å².